The Morgan fingerprint density at radius 2 is 1.87 bits per heavy atom. The summed E-state index contributed by atoms with van der Waals surface area (Å²) in [5, 5.41) is 0. The number of alkyl halides is 1. The molecule has 0 atom stereocenters. The van der Waals surface area contributed by atoms with Gasteiger partial charge in [0.2, 0.25) is 0 Å². The minimum atomic E-state index is 0. The molecule has 84 valence electrons. The van der Waals surface area contributed by atoms with Crippen molar-refractivity contribution >= 4 is 29.7 Å². The fraction of sp³-hybridized carbons (Fsp3) is 0.500. The van der Waals surface area contributed by atoms with Crippen LogP contribution in [0.1, 0.15) is 24.8 Å². The minimum Gasteiger partial charge on any atom is -0.372 e. The average Bonchev–Trinajstić information content (AvgIpc) is 2.30. The number of piperidine rings is 1. The Balaban J connectivity index is 0.00000112. The summed E-state index contributed by atoms with van der Waals surface area (Å²) in [7, 11) is 0. The predicted octanol–water partition coefficient (Wildman–Crippen LogP) is 3.84. The third-order valence-electron chi connectivity index (χ3n) is 2.79. The summed E-state index contributed by atoms with van der Waals surface area (Å²) < 4.78 is 0. The Bertz CT molecular complexity index is 295. The van der Waals surface area contributed by atoms with Crippen molar-refractivity contribution < 1.29 is 0 Å². The lowest BCUT2D eigenvalue weighted by Gasteiger charge is -2.29. The summed E-state index contributed by atoms with van der Waals surface area (Å²) in [6.07, 6.45) is 4.03. The van der Waals surface area contributed by atoms with Gasteiger partial charge >= 0.3 is 0 Å². The van der Waals surface area contributed by atoms with Crippen LogP contribution in [0.4, 0.5) is 5.69 Å². The largest absolute Gasteiger partial charge is 0.372 e. The first-order valence-electron chi connectivity index (χ1n) is 5.30. The molecule has 1 saturated heterocycles. The highest BCUT2D eigenvalue weighted by Gasteiger charge is 2.10. The number of benzene rings is 1. The van der Waals surface area contributed by atoms with Gasteiger partial charge in [-0.3, -0.25) is 0 Å². The highest BCUT2D eigenvalue weighted by molar-refractivity contribution is 6.17. The number of halogens is 2. The van der Waals surface area contributed by atoms with Crippen LogP contribution in [0.3, 0.4) is 0 Å². The van der Waals surface area contributed by atoms with Crippen LogP contribution in [-0.2, 0) is 5.88 Å². The van der Waals surface area contributed by atoms with Gasteiger partial charge in [0.1, 0.15) is 0 Å². The monoisotopic (exact) mass is 245 g/mol. The molecule has 0 aromatic heterocycles. The Kier molecular flexibility index (Phi) is 5.27. The molecule has 0 amide bonds. The van der Waals surface area contributed by atoms with E-state index < -0.39 is 0 Å². The molecular formula is C12H17Cl2N. The van der Waals surface area contributed by atoms with Crippen molar-refractivity contribution in [2.75, 3.05) is 18.0 Å². The van der Waals surface area contributed by atoms with Crippen LogP contribution in [0, 0.1) is 0 Å². The van der Waals surface area contributed by atoms with Crippen LogP contribution >= 0.6 is 24.0 Å². The van der Waals surface area contributed by atoms with Gasteiger partial charge in [0, 0.05) is 24.7 Å². The molecule has 1 aromatic carbocycles. The van der Waals surface area contributed by atoms with Gasteiger partial charge in [-0.25, -0.2) is 0 Å². The lowest BCUT2D eigenvalue weighted by atomic mass is 10.1. The summed E-state index contributed by atoms with van der Waals surface area (Å²) in [5.41, 5.74) is 2.55. The molecule has 1 aliphatic heterocycles. The smallest absolute Gasteiger partial charge is 0.0474 e. The standard InChI is InChI=1S/C12H16ClN.ClH/c13-10-11-5-4-6-12(9-11)14-7-2-1-3-8-14;/h4-6,9H,1-3,7-8,10H2;1H. The second-order valence-corrected chi connectivity index (χ2v) is 4.12. The average molecular weight is 246 g/mol. The van der Waals surface area contributed by atoms with Gasteiger partial charge in [0.05, 0.1) is 0 Å². The minimum absolute atomic E-state index is 0. The van der Waals surface area contributed by atoms with Crippen LogP contribution in [0.5, 0.6) is 0 Å². The van der Waals surface area contributed by atoms with Crippen LogP contribution in [0.2, 0.25) is 0 Å². The molecule has 0 unspecified atom stereocenters. The highest BCUT2D eigenvalue weighted by atomic mass is 35.5. The van der Waals surface area contributed by atoms with Crippen molar-refractivity contribution in [3.63, 3.8) is 0 Å². The van der Waals surface area contributed by atoms with Gasteiger partial charge in [-0.2, -0.15) is 0 Å². The second-order valence-electron chi connectivity index (χ2n) is 3.85. The Hall–Kier alpha value is -0.400. The van der Waals surface area contributed by atoms with Crippen molar-refractivity contribution in [1.29, 1.82) is 0 Å². The van der Waals surface area contributed by atoms with Gasteiger partial charge in [-0.05, 0) is 37.0 Å². The van der Waals surface area contributed by atoms with Crippen molar-refractivity contribution in [2.24, 2.45) is 0 Å². The van der Waals surface area contributed by atoms with Gasteiger partial charge in [0.15, 0.2) is 0 Å². The molecule has 0 N–H and O–H groups in total. The maximum absolute atomic E-state index is 5.82. The molecule has 1 aromatic rings. The molecule has 1 aliphatic rings. The van der Waals surface area contributed by atoms with Crippen LogP contribution in [0.25, 0.3) is 0 Å². The van der Waals surface area contributed by atoms with Gasteiger partial charge in [-0.15, -0.1) is 24.0 Å². The summed E-state index contributed by atoms with van der Waals surface area (Å²) >= 11 is 5.82. The predicted molar refractivity (Wildman–Crippen MR) is 69.3 cm³/mol. The van der Waals surface area contributed by atoms with Crippen molar-refractivity contribution in [3.8, 4) is 0 Å². The summed E-state index contributed by atoms with van der Waals surface area (Å²) in [6, 6.07) is 8.57. The molecule has 0 spiro atoms. The van der Waals surface area contributed by atoms with E-state index in [4.69, 9.17) is 11.6 Å². The van der Waals surface area contributed by atoms with Gasteiger partial charge in [-0.1, -0.05) is 12.1 Å². The van der Waals surface area contributed by atoms with Crippen molar-refractivity contribution in [1.82, 2.24) is 0 Å². The summed E-state index contributed by atoms with van der Waals surface area (Å²) in [4.78, 5) is 2.46. The molecule has 1 fully saturated rings. The van der Waals surface area contributed by atoms with E-state index in [2.05, 4.69) is 29.2 Å². The first-order valence-corrected chi connectivity index (χ1v) is 5.83. The van der Waals surface area contributed by atoms with E-state index >= 15 is 0 Å². The molecule has 0 radical (unpaired) electrons. The Labute approximate surface area is 103 Å². The zero-order valence-electron chi connectivity index (χ0n) is 8.79. The molecule has 3 heteroatoms. The number of anilines is 1. The first-order chi connectivity index (χ1) is 6.90. The van der Waals surface area contributed by atoms with E-state index in [1.807, 2.05) is 0 Å². The van der Waals surface area contributed by atoms with Crippen LogP contribution in [0.15, 0.2) is 24.3 Å². The molecule has 0 saturated carbocycles. The van der Waals surface area contributed by atoms with E-state index in [9.17, 15) is 0 Å². The Morgan fingerprint density at radius 3 is 2.53 bits per heavy atom. The SMILES string of the molecule is Cl.ClCc1cccc(N2CCCCC2)c1. The van der Waals surface area contributed by atoms with Crippen LogP contribution < -0.4 is 4.90 Å². The maximum Gasteiger partial charge on any atom is 0.0474 e. The molecule has 2 rings (SSSR count). The summed E-state index contributed by atoms with van der Waals surface area (Å²) in [5.74, 6) is 0.613. The van der Waals surface area contributed by atoms with Crippen molar-refractivity contribution in [3.05, 3.63) is 29.8 Å². The molecular weight excluding hydrogens is 229 g/mol. The Morgan fingerprint density at radius 1 is 1.13 bits per heavy atom. The van der Waals surface area contributed by atoms with E-state index in [0.29, 0.717) is 5.88 Å². The fourth-order valence-corrected chi connectivity index (χ4v) is 2.15. The van der Waals surface area contributed by atoms with E-state index in [1.54, 1.807) is 0 Å². The second kappa shape index (κ2) is 6.24. The number of hydrogen-bond donors (Lipinski definition) is 0. The molecule has 1 heterocycles. The first kappa shape index (κ1) is 12.7. The number of rotatable bonds is 2. The topological polar surface area (TPSA) is 3.24 Å². The van der Waals surface area contributed by atoms with Crippen molar-refractivity contribution in [2.45, 2.75) is 25.1 Å². The quantitative estimate of drug-likeness (QED) is 0.716. The lowest BCUT2D eigenvalue weighted by Crippen LogP contribution is -2.29. The number of nitrogens with zero attached hydrogens (tertiary/aromatic N) is 1. The molecule has 15 heavy (non-hydrogen) atoms. The lowest BCUT2D eigenvalue weighted by molar-refractivity contribution is 0.578. The number of hydrogen-bond acceptors (Lipinski definition) is 1. The van der Waals surface area contributed by atoms with E-state index in [0.717, 1.165) is 0 Å². The highest BCUT2D eigenvalue weighted by Crippen LogP contribution is 2.21. The molecule has 1 nitrogen and oxygen atoms in total. The van der Waals surface area contributed by atoms with Crippen LogP contribution in [-0.4, -0.2) is 13.1 Å². The molecule has 0 bridgehead atoms. The van der Waals surface area contributed by atoms with Gasteiger partial charge < -0.3 is 4.90 Å². The van der Waals surface area contributed by atoms with E-state index in [1.165, 1.54) is 43.6 Å². The zero-order chi connectivity index (χ0) is 9.80. The fourth-order valence-electron chi connectivity index (χ4n) is 1.99. The molecule has 0 aliphatic carbocycles. The third-order valence-corrected chi connectivity index (χ3v) is 3.09. The summed E-state index contributed by atoms with van der Waals surface area (Å²) in [6.45, 7) is 2.40. The third kappa shape index (κ3) is 3.29. The normalized spacial score (nSPS) is 15.9. The van der Waals surface area contributed by atoms with Gasteiger partial charge in [0.25, 0.3) is 0 Å². The van der Waals surface area contributed by atoms with E-state index in [-0.39, 0.29) is 12.4 Å². The maximum atomic E-state index is 5.82. The zero-order valence-corrected chi connectivity index (χ0v) is 10.4.